The fraction of sp³-hybridized carbons (Fsp3) is 0.258. The maximum absolute atomic E-state index is 12.3. The maximum Gasteiger partial charge on any atom is 0.248 e. The molecule has 1 atom stereocenters. The molecule has 4 heterocycles. The van der Waals surface area contributed by atoms with Crippen LogP contribution in [0.1, 0.15) is 12.2 Å². The molecule has 214 valence electrons. The average Bonchev–Trinajstić information content (AvgIpc) is 3.60. The van der Waals surface area contributed by atoms with Crippen LogP contribution in [0.15, 0.2) is 67.0 Å². The van der Waals surface area contributed by atoms with E-state index in [0.29, 0.717) is 34.7 Å². The number of nitrogens with one attached hydrogen (secondary N) is 3. The lowest BCUT2D eigenvalue weighted by atomic mass is 10.1. The first-order chi connectivity index (χ1) is 20.3. The molecule has 3 aromatic heterocycles. The van der Waals surface area contributed by atoms with E-state index in [9.17, 15) is 4.79 Å². The highest BCUT2D eigenvalue weighted by Crippen LogP contribution is 2.33. The number of aromatic amines is 1. The molecule has 10 nitrogen and oxygen atoms in total. The number of carbonyl (C=O) groups excluding carboxylic acids is 1. The van der Waals surface area contributed by atoms with Gasteiger partial charge in [0.1, 0.15) is 11.6 Å². The number of para-hydroxylation sites is 1. The van der Waals surface area contributed by atoms with Crippen LogP contribution < -0.4 is 15.5 Å². The van der Waals surface area contributed by atoms with E-state index in [2.05, 4.69) is 36.6 Å². The number of likely N-dealkylation sites (N-methyl/N-ethyl adjacent to an activating group) is 1. The van der Waals surface area contributed by atoms with E-state index >= 15 is 0 Å². The molecule has 0 bridgehead atoms. The number of carbonyl (C=O) groups is 1. The van der Waals surface area contributed by atoms with Crippen molar-refractivity contribution in [3.8, 4) is 11.3 Å². The second kappa shape index (κ2) is 11.8. The van der Waals surface area contributed by atoms with Gasteiger partial charge in [-0.2, -0.15) is 0 Å². The molecule has 5 aromatic rings. The van der Waals surface area contributed by atoms with Crippen LogP contribution in [-0.4, -0.2) is 75.5 Å². The highest BCUT2D eigenvalue weighted by molar-refractivity contribution is 6.33. The highest BCUT2D eigenvalue weighted by atomic mass is 35.5. The molecule has 0 spiro atoms. The van der Waals surface area contributed by atoms with Gasteiger partial charge in [-0.05, 0) is 51.7 Å². The third-order valence-electron chi connectivity index (χ3n) is 7.21. The van der Waals surface area contributed by atoms with Crippen LogP contribution in [0.5, 0.6) is 0 Å². The minimum Gasteiger partial charge on any atom is -0.360 e. The molecule has 2 aromatic carbocycles. The van der Waals surface area contributed by atoms with Gasteiger partial charge < -0.3 is 25.4 Å². The van der Waals surface area contributed by atoms with Crippen LogP contribution in [0.2, 0.25) is 5.02 Å². The van der Waals surface area contributed by atoms with Gasteiger partial charge in [0, 0.05) is 65.5 Å². The number of fused-ring (bicyclic) bond motifs is 2. The van der Waals surface area contributed by atoms with Gasteiger partial charge in [-0.1, -0.05) is 35.9 Å². The summed E-state index contributed by atoms with van der Waals surface area (Å²) in [7, 11) is 3.91. The van der Waals surface area contributed by atoms with Gasteiger partial charge in [0.05, 0.1) is 22.4 Å². The summed E-state index contributed by atoms with van der Waals surface area (Å²) in [6.45, 7) is 4.14. The topological polar surface area (TPSA) is 115 Å². The number of halogens is 1. The number of amides is 1. The molecule has 0 saturated carbocycles. The lowest BCUT2D eigenvalue weighted by Crippen LogP contribution is -2.27. The summed E-state index contributed by atoms with van der Waals surface area (Å²) in [6, 6.07) is 14.0. The number of aromatic nitrogens is 5. The van der Waals surface area contributed by atoms with E-state index in [1.165, 1.54) is 0 Å². The molecule has 1 amide bonds. The summed E-state index contributed by atoms with van der Waals surface area (Å²) in [5.74, 6) is 1.91. The van der Waals surface area contributed by atoms with Gasteiger partial charge in [-0.25, -0.2) is 19.9 Å². The quantitative estimate of drug-likeness (QED) is 0.212. The Morgan fingerprint density at radius 2 is 2.02 bits per heavy atom. The smallest absolute Gasteiger partial charge is 0.248 e. The van der Waals surface area contributed by atoms with Crippen molar-refractivity contribution in [2.75, 3.05) is 49.3 Å². The van der Waals surface area contributed by atoms with E-state index < -0.39 is 0 Å². The van der Waals surface area contributed by atoms with E-state index in [1.54, 1.807) is 12.3 Å². The van der Waals surface area contributed by atoms with Gasteiger partial charge in [-0.3, -0.25) is 4.79 Å². The van der Waals surface area contributed by atoms with Crippen molar-refractivity contribution in [2.45, 2.75) is 19.4 Å². The number of nitrogens with zero attached hydrogens (tertiary/aromatic N) is 6. The number of hydrogen-bond acceptors (Lipinski definition) is 8. The molecule has 0 radical (unpaired) electrons. The highest BCUT2D eigenvalue weighted by Gasteiger charge is 2.26. The van der Waals surface area contributed by atoms with Gasteiger partial charge >= 0.3 is 0 Å². The number of anilines is 3. The Balaban J connectivity index is 1.18. The molecule has 0 aliphatic carbocycles. The number of H-pyrrole nitrogens is 1. The van der Waals surface area contributed by atoms with Gasteiger partial charge in [0.15, 0.2) is 0 Å². The zero-order valence-electron chi connectivity index (χ0n) is 23.7. The van der Waals surface area contributed by atoms with Crippen LogP contribution in [-0.2, 0) is 4.79 Å². The normalized spacial score (nSPS) is 15.4. The van der Waals surface area contributed by atoms with Crippen LogP contribution in [0, 0.1) is 6.92 Å². The molecule has 1 saturated heterocycles. The van der Waals surface area contributed by atoms with Crippen LogP contribution in [0.3, 0.4) is 0 Å². The van der Waals surface area contributed by atoms with Crippen molar-refractivity contribution in [1.82, 2.24) is 29.8 Å². The van der Waals surface area contributed by atoms with Gasteiger partial charge in [0.2, 0.25) is 11.9 Å². The molecular formula is C31H32ClN9O. The summed E-state index contributed by atoms with van der Waals surface area (Å²) >= 11 is 6.53. The third-order valence-corrected chi connectivity index (χ3v) is 7.48. The Bertz CT molecular complexity index is 1800. The second-order valence-corrected chi connectivity index (χ2v) is 11.1. The molecule has 1 unspecified atom stereocenters. The van der Waals surface area contributed by atoms with Crippen molar-refractivity contribution >= 4 is 56.8 Å². The average molecular weight is 582 g/mol. The Labute approximate surface area is 248 Å². The predicted molar refractivity (Wildman–Crippen MR) is 169 cm³/mol. The number of benzene rings is 2. The zero-order chi connectivity index (χ0) is 29.2. The van der Waals surface area contributed by atoms with Gasteiger partial charge in [-0.15, -0.1) is 0 Å². The van der Waals surface area contributed by atoms with Crippen LogP contribution >= 0.6 is 11.6 Å². The maximum atomic E-state index is 12.3. The Hall–Kier alpha value is -4.54. The van der Waals surface area contributed by atoms with E-state index in [4.69, 9.17) is 21.6 Å². The molecule has 1 fully saturated rings. The SMILES string of the molecule is Cc1nc(N2CCC(Nc3ncc(Cl)c(-c4c[nH]c5ccccc45)n3)C2)c2ccc(NC(=O)/C=C/CN(C)C)cc2n1. The molecule has 1 aliphatic rings. The fourth-order valence-corrected chi connectivity index (χ4v) is 5.44. The van der Waals surface area contributed by atoms with Crippen molar-refractivity contribution in [2.24, 2.45) is 0 Å². The first-order valence-corrected chi connectivity index (χ1v) is 14.2. The van der Waals surface area contributed by atoms with E-state index in [-0.39, 0.29) is 11.9 Å². The molecule has 42 heavy (non-hydrogen) atoms. The lowest BCUT2D eigenvalue weighted by molar-refractivity contribution is -0.111. The van der Waals surface area contributed by atoms with Crippen molar-refractivity contribution in [1.29, 1.82) is 0 Å². The monoisotopic (exact) mass is 581 g/mol. The van der Waals surface area contributed by atoms with E-state index in [1.807, 2.05) is 74.6 Å². The summed E-state index contributed by atoms with van der Waals surface area (Å²) < 4.78 is 0. The summed E-state index contributed by atoms with van der Waals surface area (Å²) in [4.78, 5) is 38.6. The largest absolute Gasteiger partial charge is 0.360 e. The molecule has 3 N–H and O–H groups in total. The standard InChI is InChI=1S/C31H32ClN9O/c1-19-35-27-15-20(37-28(42)9-6-13-40(2)3)10-11-23(27)30(36-19)41-14-12-21(18-41)38-31-34-17-25(32)29(39-31)24-16-33-26-8-5-4-7-22(24)26/h4-11,15-17,21,33H,12-14,18H2,1-3H3,(H,37,42)(H,34,38,39)/b9-6+. The van der Waals surface area contributed by atoms with Crippen molar-refractivity contribution in [3.05, 3.63) is 77.9 Å². The fourth-order valence-electron chi connectivity index (χ4n) is 5.25. The molecule has 11 heteroatoms. The number of hydrogen-bond donors (Lipinski definition) is 3. The van der Waals surface area contributed by atoms with Gasteiger partial charge in [0.25, 0.3) is 0 Å². The minimum atomic E-state index is -0.173. The van der Waals surface area contributed by atoms with Crippen molar-refractivity contribution < 1.29 is 4.79 Å². The van der Waals surface area contributed by atoms with Crippen molar-refractivity contribution in [3.63, 3.8) is 0 Å². The zero-order valence-corrected chi connectivity index (χ0v) is 24.5. The lowest BCUT2D eigenvalue weighted by Gasteiger charge is -2.20. The third kappa shape index (κ3) is 5.90. The minimum absolute atomic E-state index is 0.125. The Morgan fingerprint density at radius 1 is 1.17 bits per heavy atom. The predicted octanol–water partition coefficient (Wildman–Crippen LogP) is 5.28. The summed E-state index contributed by atoms with van der Waals surface area (Å²) in [5.41, 5.74) is 4.14. The first-order valence-electron chi connectivity index (χ1n) is 13.9. The summed E-state index contributed by atoms with van der Waals surface area (Å²) in [6.07, 6.45) is 7.85. The molecule has 6 rings (SSSR count). The van der Waals surface area contributed by atoms with E-state index in [0.717, 1.165) is 52.7 Å². The molecular weight excluding hydrogens is 550 g/mol. The van der Waals surface area contributed by atoms with Crippen LogP contribution in [0.25, 0.3) is 33.1 Å². The number of rotatable bonds is 8. The Morgan fingerprint density at radius 3 is 2.88 bits per heavy atom. The Kier molecular flexibility index (Phi) is 7.73. The number of aryl methyl sites for hydroxylation is 1. The second-order valence-electron chi connectivity index (χ2n) is 10.7. The summed E-state index contributed by atoms with van der Waals surface area (Å²) in [5, 5.41) is 8.93. The van der Waals surface area contributed by atoms with Crippen LogP contribution in [0.4, 0.5) is 17.5 Å². The molecule has 1 aliphatic heterocycles. The first kappa shape index (κ1) is 27.6.